The van der Waals surface area contributed by atoms with Gasteiger partial charge in [-0.3, -0.25) is 29.6 Å². The molecule has 0 radical (unpaired) electrons. The Bertz CT molecular complexity index is 899. The fourth-order valence-corrected chi connectivity index (χ4v) is 2.99. The van der Waals surface area contributed by atoms with Gasteiger partial charge in [-0.15, -0.1) is 0 Å². The van der Waals surface area contributed by atoms with Crippen LogP contribution in [0.3, 0.4) is 0 Å². The van der Waals surface area contributed by atoms with Gasteiger partial charge in [0.2, 0.25) is 5.91 Å². The van der Waals surface area contributed by atoms with Gasteiger partial charge < -0.3 is 4.74 Å². The number of nitrogens with zero attached hydrogens (tertiary/aromatic N) is 1. The van der Waals surface area contributed by atoms with E-state index < -0.39 is 24.4 Å². The summed E-state index contributed by atoms with van der Waals surface area (Å²) >= 11 is 3.28. The average molecular weight is 445 g/mol. The molecule has 1 aliphatic rings. The number of amides is 2. The van der Waals surface area contributed by atoms with Crippen LogP contribution in [0.15, 0.2) is 59.1 Å². The number of ketones is 1. The smallest absolute Gasteiger partial charge is 0.311 e. The number of carbonyl (C=O) groups is 4. The zero-order valence-electron chi connectivity index (χ0n) is 14.8. The van der Waals surface area contributed by atoms with Crippen molar-refractivity contribution < 1.29 is 23.9 Å². The van der Waals surface area contributed by atoms with Gasteiger partial charge in [0.1, 0.15) is 0 Å². The normalized spacial score (nSPS) is 16.0. The number of rotatable bonds is 6. The van der Waals surface area contributed by atoms with E-state index in [2.05, 4.69) is 21.4 Å². The lowest BCUT2D eigenvalue weighted by molar-refractivity contribution is -0.147. The standard InChI is InChI=1S/C20H17BrN2O5/c21-16-8-6-13(7-9-16)17(24)12-28-20(27)15-10-18(25)23(11-15)22-19(26)14-4-2-1-3-5-14/h1-9,15H,10-12H2,(H,22,26)/t15-/m1/s1. The molecule has 1 aliphatic heterocycles. The maximum Gasteiger partial charge on any atom is 0.311 e. The predicted molar refractivity (Wildman–Crippen MR) is 103 cm³/mol. The van der Waals surface area contributed by atoms with Crippen LogP contribution in [0.5, 0.6) is 0 Å². The largest absolute Gasteiger partial charge is 0.457 e. The molecule has 7 nitrogen and oxygen atoms in total. The number of benzene rings is 2. The van der Waals surface area contributed by atoms with Crippen molar-refractivity contribution in [2.45, 2.75) is 6.42 Å². The topological polar surface area (TPSA) is 92.8 Å². The summed E-state index contributed by atoms with van der Waals surface area (Å²) in [5, 5.41) is 1.11. The van der Waals surface area contributed by atoms with Gasteiger partial charge in [-0.25, -0.2) is 0 Å². The van der Waals surface area contributed by atoms with E-state index in [0.29, 0.717) is 11.1 Å². The van der Waals surface area contributed by atoms with Crippen molar-refractivity contribution >= 4 is 39.5 Å². The fourth-order valence-electron chi connectivity index (χ4n) is 2.72. The van der Waals surface area contributed by atoms with E-state index in [1.807, 2.05) is 0 Å². The number of hydrogen-bond acceptors (Lipinski definition) is 5. The molecule has 0 unspecified atom stereocenters. The average Bonchev–Trinajstić information content (AvgIpc) is 3.07. The quantitative estimate of drug-likeness (QED) is 0.545. The van der Waals surface area contributed by atoms with Crippen molar-refractivity contribution in [3.63, 3.8) is 0 Å². The van der Waals surface area contributed by atoms with E-state index >= 15 is 0 Å². The molecule has 0 bridgehead atoms. The highest BCUT2D eigenvalue weighted by atomic mass is 79.9. The second-order valence-corrected chi connectivity index (χ2v) is 7.17. The van der Waals surface area contributed by atoms with Gasteiger partial charge in [0.25, 0.3) is 5.91 Å². The van der Waals surface area contributed by atoms with Crippen LogP contribution in [0, 0.1) is 5.92 Å². The number of esters is 1. The first kappa shape index (κ1) is 19.8. The first-order chi connectivity index (χ1) is 13.4. The molecule has 1 atom stereocenters. The predicted octanol–water partition coefficient (Wildman–Crippen LogP) is 2.37. The van der Waals surface area contributed by atoms with E-state index in [4.69, 9.17) is 4.74 Å². The molecule has 1 fully saturated rings. The zero-order chi connectivity index (χ0) is 20.1. The van der Waals surface area contributed by atoms with Crippen LogP contribution in [0.25, 0.3) is 0 Å². The maximum absolute atomic E-state index is 12.2. The number of carbonyl (C=O) groups excluding carboxylic acids is 4. The Balaban J connectivity index is 1.51. The van der Waals surface area contributed by atoms with Gasteiger partial charge in [-0.05, 0) is 24.3 Å². The minimum absolute atomic E-state index is 0.00269. The Morgan fingerprint density at radius 1 is 1.04 bits per heavy atom. The summed E-state index contributed by atoms with van der Waals surface area (Å²) < 4.78 is 5.90. The Kier molecular flexibility index (Phi) is 6.20. The summed E-state index contributed by atoms with van der Waals surface area (Å²) in [7, 11) is 0. The summed E-state index contributed by atoms with van der Waals surface area (Å²) in [6.07, 6.45) is -0.0830. The van der Waals surface area contributed by atoms with Crippen molar-refractivity contribution in [3.8, 4) is 0 Å². The molecule has 3 rings (SSSR count). The summed E-state index contributed by atoms with van der Waals surface area (Å²) in [4.78, 5) is 48.5. The zero-order valence-corrected chi connectivity index (χ0v) is 16.3. The SMILES string of the molecule is O=C(COC(=O)[C@@H]1CC(=O)N(NC(=O)c2ccccc2)C1)c1ccc(Br)cc1. The molecule has 8 heteroatoms. The molecule has 2 aromatic rings. The van der Waals surface area contributed by atoms with Gasteiger partial charge in [-0.1, -0.05) is 46.3 Å². The molecule has 2 aromatic carbocycles. The molecule has 1 saturated heterocycles. The monoisotopic (exact) mass is 444 g/mol. The highest BCUT2D eigenvalue weighted by molar-refractivity contribution is 9.10. The lowest BCUT2D eigenvalue weighted by atomic mass is 10.1. The number of ether oxygens (including phenoxy) is 1. The second kappa shape index (κ2) is 8.79. The maximum atomic E-state index is 12.2. The molecule has 0 aliphatic carbocycles. The summed E-state index contributed by atoms with van der Waals surface area (Å²) in [5.74, 6) is -2.53. The van der Waals surface area contributed by atoms with Crippen molar-refractivity contribution in [3.05, 3.63) is 70.2 Å². The molecule has 144 valence electrons. The highest BCUT2D eigenvalue weighted by Gasteiger charge is 2.36. The molecule has 2 amide bonds. The molecular formula is C20H17BrN2O5. The minimum atomic E-state index is -0.735. The van der Waals surface area contributed by atoms with E-state index in [1.165, 1.54) is 0 Å². The van der Waals surface area contributed by atoms with Crippen LogP contribution in [0.2, 0.25) is 0 Å². The van der Waals surface area contributed by atoms with Crippen LogP contribution in [-0.2, 0) is 14.3 Å². The van der Waals surface area contributed by atoms with Gasteiger partial charge in [0.05, 0.1) is 12.5 Å². The van der Waals surface area contributed by atoms with Gasteiger partial charge in [0, 0.05) is 22.0 Å². The van der Waals surface area contributed by atoms with Gasteiger partial charge >= 0.3 is 5.97 Å². The van der Waals surface area contributed by atoms with Crippen molar-refractivity contribution in [1.29, 1.82) is 0 Å². The van der Waals surface area contributed by atoms with E-state index in [-0.39, 0.29) is 24.7 Å². The van der Waals surface area contributed by atoms with E-state index in [9.17, 15) is 19.2 Å². The molecule has 0 spiro atoms. The van der Waals surface area contributed by atoms with Crippen LogP contribution in [-0.4, -0.2) is 41.7 Å². The molecule has 0 saturated carbocycles. The van der Waals surface area contributed by atoms with E-state index in [0.717, 1.165) is 9.48 Å². The third-order valence-electron chi connectivity index (χ3n) is 4.24. The Morgan fingerprint density at radius 3 is 2.39 bits per heavy atom. The Labute approximate surface area is 169 Å². The molecule has 28 heavy (non-hydrogen) atoms. The third-order valence-corrected chi connectivity index (χ3v) is 4.77. The number of Topliss-reactive ketones (excluding diaryl/α,β-unsaturated/α-hetero) is 1. The van der Waals surface area contributed by atoms with Crippen molar-refractivity contribution in [1.82, 2.24) is 10.4 Å². The van der Waals surface area contributed by atoms with Gasteiger partial charge in [0.15, 0.2) is 12.4 Å². The second-order valence-electron chi connectivity index (χ2n) is 6.25. The molecule has 1 N–H and O–H groups in total. The van der Waals surface area contributed by atoms with Crippen LogP contribution in [0.1, 0.15) is 27.1 Å². The number of nitrogens with one attached hydrogen (secondary N) is 1. The third kappa shape index (κ3) is 4.83. The van der Waals surface area contributed by atoms with Crippen LogP contribution < -0.4 is 5.43 Å². The number of halogens is 1. The summed E-state index contributed by atoms with van der Waals surface area (Å²) in [6, 6.07) is 15.1. The number of hydrogen-bond donors (Lipinski definition) is 1. The van der Waals surface area contributed by atoms with E-state index in [1.54, 1.807) is 54.6 Å². The Morgan fingerprint density at radius 2 is 1.71 bits per heavy atom. The van der Waals surface area contributed by atoms with Crippen molar-refractivity contribution in [2.75, 3.05) is 13.2 Å². The molecular weight excluding hydrogens is 428 g/mol. The first-order valence-electron chi connectivity index (χ1n) is 8.56. The first-order valence-corrected chi connectivity index (χ1v) is 9.35. The van der Waals surface area contributed by atoms with Crippen LogP contribution in [0.4, 0.5) is 0 Å². The van der Waals surface area contributed by atoms with Gasteiger partial charge in [-0.2, -0.15) is 0 Å². The fraction of sp³-hybridized carbons (Fsp3) is 0.200. The summed E-state index contributed by atoms with van der Waals surface area (Å²) in [6.45, 7) is -0.399. The Hall–Kier alpha value is -3.00. The molecule has 0 aromatic heterocycles. The lowest BCUT2D eigenvalue weighted by Gasteiger charge is -2.17. The van der Waals surface area contributed by atoms with Crippen molar-refractivity contribution in [2.24, 2.45) is 5.92 Å². The minimum Gasteiger partial charge on any atom is -0.457 e. The summed E-state index contributed by atoms with van der Waals surface area (Å²) in [5.41, 5.74) is 3.32. The highest BCUT2D eigenvalue weighted by Crippen LogP contribution is 2.18. The number of hydrazine groups is 1. The lowest BCUT2D eigenvalue weighted by Crippen LogP contribution is -2.43. The molecule has 1 heterocycles. The van der Waals surface area contributed by atoms with Crippen LogP contribution >= 0.6 is 15.9 Å².